The summed E-state index contributed by atoms with van der Waals surface area (Å²) in [6.07, 6.45) is 0.727. The van der Waals surface area contributed by atoms with Crippen molar-refractivity contribution in [2.24, 2.45) is 11.3 Å². The summed E-state index contributed by atoms with van der Waals surface area (Å²) in [5.74, 6) is -6.45. The van der Waals surface area contributed by atoms with Crippen LogP contribution >= 0.6 is 0 Å². The first kappa shape index (κ1) is 37.6. The van der Waals surface area contributed by atoms with Crippen LogP contribution in [0.1, 0.15) is 26.2 Å². The minimum Gasteiger partial charge on any atom is -0.426 e. The zero-order chi connectivity index (χ0) is 40.1. The Bertz CT molecular complexity index is 2600. The van der Waals surface area contributed by atoms with Crippen molar-refractivity contribution < 1.29 is 38.1 Å². The Morgan fingerprint density at radius 2 is 0.707 bits per heavy atom. The predicted molar refractivity (Wildman–Crippen MR) is 224 cm³/mol. The Morgan fingerprint density at radius 3 is 1.03 bits per heavy atom. The second kappa shape index (κ2) is 16.4. The summed E-state index contributed by atoms with van der Waals surface area (Å²) < 4.78 is 24.6. The first-order chi connectivity index (χ1) is 28.4. The fourth-order valence-corrected chi connectivity index (χ4v) is 7.46. The molecule has 0 amide bonds. The fourth-order valence-electron chi connectivity index (χ4n) is 7.46. The van der Waals surface area contributed by atoms with Gasteiger partial charge in [0.05, 0.1) is 5.92 Å². The van der Waals surface area contributed by atoms with Crippen LogP contribution in [0.5, 0.6) is 23.0 Å². The zero-order valence-electron chi connectivity index (χ0n) is 31.6. The second-order valence-electron chi connectivity index (χ2n) is 14.0. The number of carbonyl (C=O) groups excluding carboxylic acids is 4. The van der Waals surface area contributed by atoms with Crippen molar-refractivity contribution in [3.63, 3.8) is 0 Å². The molecule has 0 saturated heterocycles. The molecule has 0 spiro atoms. The van der Waals surface area contributed by atoms with Crippen molar-refractivity contribution in [2.45, 2.75) is 26.2 Å². The molecule has 0 bridgehead atoms. The molecule has 286 valence electrons. The van der Waals surface area contributed by atoms with Gasteiger partial charge in [-0.15, -0.1) is 0 Å². The molecule has 0 aromatic heterocycles. The minimum absolute atomic E-state index is 0.0695. The molecule has 1 unspecified atom stereocenters. The maximum atomic E-state index is 15.4. The maximum absolute atomic E-state index is 15.4. The highest BCUT2D eigenvalue weighted by molar-refractivity contribution is 6.22. The van der Waals surface area contributed by atoms with Gasteiger partial charge in [0.1, 0.15) is 23.0 Å². The number of ether oxygens (including phenoxy) is 4. The van der Waals surface area contributed by atoms with Crippen molar-refractivity contribution in [3.8, 4) is 23.0 Å². The van der Waals surface area contributed by atoms with Crippen molar-refractivity contribution in [3.05, 3.63) is 170 Å². The molecule has 58 heavy (non-hydrogen) atoms. The van der Waals surface area contributed by atoms with E-state index in [-0.39, 0.29) is 29.4 Å². The van der Waals surface area contributed by atoms with Gasteiger partial charge < -0.3 is 18.9 Å². The average Bonchev–Trinajstić information content (AvgIpc) is 3.25. The van der Waals surface area contributed by atoms with E-state index < -0.39 is 35.2 Å². The molecule has 8 aromatic rings. The molecule has 8 rings (SSSR count). The average molecular weight is 767 g/mol. The van der Waals surface area contributed by atoms with Gasteiger partial charge in [-0.2, -0.15) is 0 Å². The number of esters is 4. The van der Waals surface area contributed by atoms with Gasteiger partial charge in [-0.05, 0) is 52.2 Å². The number of unbranched alkanes of at least 4 members (excludes halogenated alkanes) is 1. The van der Waals surface area contributed by atoms with Gasteiger partial charge in [-0.25, -0.2) is 14.4 Å². The Morgan fingerprint density at radius 1 is 0.414 bits per heavy atom. The summed E-state index contributed by atoms with van der Waals surface area (Å²) in [7, 11) is 0. The monoisotopic (exact) mass is 766 g/mol. The van der Waals surface area contributed by atoms with Crippen LogP contribution in [0.4, 0.5) is 0 Å². The van der Waals surface area contributed by atoms with E-state index >= 15 is 14.4 Å². The van der Waals surface area contributed by atoms with Gasteiger partial charge in [-0.3, -0.25) is 4.79 Å². The lowest BCUT2D eigenvalue weighted by Gasteiger charge is -2.33. The molecule has 0 aliphatic carbocycles. The summed E-state index contributed by atoms with van der Waals surface area (Å²) >= 11 is 0. The third kappa shape index (κ3) is 7.12. The predicted octanol–water partition coefficient (Wildman–Crippen LogP) is 10.8. The maximum Gasteiger partial charge on any atom is 0.341 e. The van der Waals surface area contributed by atoms with Gasteiger partial charge in [0.2, 0.25) is 0 Å². The van der Waals surface area contributed by atoms with E-state index in [2.05, 4.69) is 0 Å². The fraction of sp³-hybridized carbons (Fsp3) is 0.120. The molecule has 0 aliphatic rings. The van der Waals surface area contributed by atoms with Gasteiger partial charge in [0.15, 0.2) is 0 Å². The quantitative estimate of drug-likeness (QED) is 0.0687. The van der Waals surface area contributed by atoms with Crippen LogP contribution < -0.4 is 18.9 Å². The van der Waals surface area contributed by atoms with Crippen LogP contribution in [0.25, 0.3) is 43.1 Å². The number of hydrogen-bond donors (Lipinski definition) is 0. The third-order valence-corrected chi connectivity index (χ3v) is 10.4. The molecule has 0 saturated carbocycles. The normalized spacial score (nSPS) is 11.9. The van der Waals surface area contributed by atoms with E-state index in [0.717, 1.165) is 21.5 Å². The summed E-state index contributed by atoms with van der Waals surface area (Å²) in [5.41, 5.74) is -3.05. The number of benzene rings is 8. The lowest BCUT2D eigenvalue weighted by atomic mass is 9.72. The highest BCUT2D eigenvalue weighted by Crippen LogP contribution is 2.42. The minimum atomic E-state index is -3.05. The van der Waals surface area contributed by atoms with Crippen LogP contribution in [0, 0.1) is 11.3 Å². The summed E-state index contributed by atoms with van der Waals surface area (Å²) in [6.45, 7) is 1.89. The molecule has 0 heterocycles. The van der Waals surface area contributed by atoms with Crippen LogP contribution in [0.3, 0.4) is 0 Å². The van der Waals surface area contributed by atoms with Crippen molar-refractivity contribution in [2.75, 3.05) is 0 Å². The van der Waals surface area contributed by atoms with Gasteiger partial charge in [-0.1, -0.05) is 165 Å². The van der Waals surface area contributed by atoms with Crippen LogP contribution in [-0.4, -0.2) is 23.9 Å². The molecule has 0 radical (unpaired) electrons. The zero-order valence-corrected chi connectivity index (χ0v) is 31.6. The molecule has 0 aliphatic heterocycles. The van der Waals surface area contributed by atoms with Crippen molar-refractivity contribution >= 4 is 67.0 Å². The summed E-state index contributed by atoms with van der Waals surface area (Å²) in [5, 5.41) is 5.27. The highest BCUT2D eigenvalue weighted by Gasteiger charge is 2.66. The van der Waals surface area contributed by atoms with Crippen LogP contribution in [0.2, 0.25) is 0 Å². The van der Waals surface area contributed by atoms with E-state index in [0.29, 0.717) is 34.4 Å². The van der Waals surface area contributed by atoms with Crippen molar-refractivity contribution in [1.82, 2.24) is 0 Å². The molecule has 0 fully saturated rings. The Labute approximate surface area is 334 Å². The summed E-state index contributed by atoms with van der Waals surface area (Å²) in [6, 6.07) is 49.5. The lowest BCUT2D eigenvalue weighted by molar-refractivity contribution is -0.181. The third-order valence-electron chi connectivity index (χ3n) is 10.4. The number of rotatable bonds is 12. The molecular weight excluding hydrogens is 729 g/mol. The Kier molecular flexibility index (Phi) is 10.6. The smallest absolute Gasteiger partial charge is 0.341 e. The van der Waals surface area contributed by atoms with Crippen LogP contribution in [-0.2, 0) is 19.2 Å². The van der Waals surface area contributed by atoms with E-state index in [1.54, 1.807) is 91.0 Å². The van der Waals surface area contributed by atoms with Gasteiger partial charge in [0.25, 0.3) is 5.41 Å². The number of hydrogen-bond acceptors (Lipinski definition) is 8. The van der Waals surface area contributed by atoms with E-state index in [1.165, 1.54) is 0 Å². The molecule has 1 atom stereocenters. The second-order valence-corrected chi connectivity index (χ2v) is 14.0. The van der Waals surface area contributed by atoms with E-state index in [9.17, 15) is 4.79 Å². The lowest BCUT2D eigenvalue weighted by Crippen LogP contribution is -2.59. The van der Waals surface area contributed by atoms with Gasteiger partial charge >= 0.3 is 23.9 Å². The number of fused-ring (bicyclic) bond motifs is 4. The highest BCUT2D eigenvalue weighted by atomic mass is 16.6. The topological polar surface area (TPSA) is 105 Å². The molecule has 8 aromatic carbocycles. The first-order valence-electron chi connectivity index (χ1n) is 19.2. The van der Waals surface area contributed by atoms with E-state index in [1.807, 2.05) is 85.8 Å². The SMILES string of the molecule is CCCCC(C(=O)Oc1cccc2ccccc12)C(C(=O)Oc1cccc2ccccc12)(C(=O)Oc1cccc2ccccc12)C(=O)Oc1cccc2ccccc12. The Balaban J connectivity index is 1.34. The molecule has 8 heteroatoms. The standard InChI is InChI=1S/C50H38O8/c1-2-3-28-41(46(51)55-42-29-12-20-33-16-4-8-24-37(33)42)50(47(52)56-43-30-13-21-34-17-5-9-25-38(34)43,48(53)57-44-31-14-22-35-18-6-10-26-39(35)44)49(54)58-45-32-15-23-36-19-7-11-27-40(36)45/h4-27,29-32,41H,2-3,28H2,1H3. The molecule has 8 nitrogen and oxygen atoms in total. The van der Waals surface area contributed by atoms with Crippen LogP contribution in [0.15, 0.2) is 170 Å². The summed E-state index contributed by atoms with van der Waals surface area (Å²) in [4.78, 5) is 61.2. The first-order valence-corrected chi connectivity index (χ1v) is 19.2. The molecular formula is C50H38O8. The van der Waals surface area contributed by atoms with E-state index in [4.69, 9.17) is 18.9 Å². The van der Waals surface area contributed by atoms with Crippen molar-refractivity contribution in [1.29, 1.82) is 0 Å². The largest absolute Gasteiger partial charge is 0.426 e. The van der Waals surface area contributed by atoms with Gasteiger partial charge in [0, 0.05) is 21.5 Å². The molecule has 0 N–H and O–H groups in total. The Hall–Kier alpha value is -7.32. The number of carbonyl (C=O) groups is 4.